The van der Waals surface area contributed by atoms with E-state index in [1.54, 1.807) is 18.3 Å². The minimum Gasteiger partial charge on any atom is -0.387 e. The molecule has 0 aliphatic rings. The molecular weight excluding hydrogens is 229 g/mol. The van der Waals surface area contributed by atoms with Gasteiger partial charge in [0.2, 0.25) is 0 Å². The summed E-state index contributed by atoms with van der Waals surface area (Å²) in [5.74, 6) is 0.185. The van der Waals surface area contributed by atoms with Gasteiger partial charge in [-0.05, 0) is 22.0 Å². The molecule has 0 aliphatic heterocycles. The van der Waals surface area contributed by atoms with Crippen molar-refractivity contribution >= 4 is 27.5 Å². The van der Waals surface area contributed by atoms with E-state index in [-0.39, 0.29) is 5.88 Å². The van der Waals surface area contributed by atoms with Gasteiger partial charge < -0.3 is 5.11 Å². The summed E-state index contributed by atoms with van der Waals surface area (Å²) in [6.45, 7) is 0. The quantitative estimate of drug-likeness (QED) is 0.630. The van der Waals surface area contributed by atoms with Crippen LogP contribution in [0.15, 0.2) is 22.9 Å². The van der Waals surface area contributed by atoms with E-state index in [2.05, 4.69) is 20.9 Å². The zero-order chi connectivity index (χ0) is 8.27. The fourth-order valence-corrected chi connectivity index (χ4v) is 1.41. The third-order valence-electron chi connectivity index (χ3n) is 1.29. The molecule has 0 saturated carbocycles. The standard InChI is InChI=1S/C7H7BrClNO/c8-7-5(6(11)4-9)2-1-3-10-7/h1-3,6,11H,4H2. The smallest absolute Gasteiger partial charge is 0.111 e. The number of aliphatic hydroxyl groups is 1. The van der Waals surface area contributed by atoms with Crippen LogP contribution in [-0.2, 0) is 0 Å². The fourth-order valence-electron chi connectivity index (χ4n) is 0.730. The molecule has 0 radical (unpaired) electrons. The van der Waals surface area contributed by atoms with Gasteiger partial charge in [0.25, 0.3) is 0 Å². The van der Waals surface area contributed by atoms with E-state index in [4.69, 9.17) is 11.6 Å². The summed E-state index contributed by atoms with van der Waals surface area (Å²) in [6.07, 6.45) is 1.01. The Morgan fingerprint density at radius 2 is 2.45 bits per heavy atom. The molecule has 0 saturated heterocycles. The minimum absolute atomic E-state index is 0.185. The van der Waals surface area contributed by atoms with E-state index in [0.29, 0.717) is 4.60 Å². The van der Waals surface area contributed by atoms with E-state index in [0.717, 1.165) is 5.56 Å². The second kappa shape index (κ2) is 4.04. The molecule has 1 atom stereocenters. The molecule has 0 fully saturated rings. The molecule has 1 aromatic rings. The highest BCUT2D eigenvalue weighted by atomic mass is 79.9. The minimum atomic E-state index is -0.639. The first kappa shape index (κ1) is 8.97. The van der Waals surface area contributed by atoms with Crippen LogP contribution >= 0.6 is 27.5 Å². The number of rotatable bonds is 2. The lowest BCUT2D eigenvalue weighted by Crippen LogP contribution is -2.00. The predicted octanol–water partition coefficient (Wildman–Crippen LogP) is 2.12. The number of hydrogen-bond acceptors (Lipinski definition) is 2. The van der Waals surface area contributed by atoms with Crippen LogP contribution in [0.4, 0.5) is 0 Å². The van der Waals surface area contributed by atoms with Crippen molar-refractivity contribution in [3.8, 4) is 0 Å². The molecule has 4 heteroatoms. The van der Waals surface area contributed by atoms with Crippen molar-refractivity contribution in [1.29, 1.82) is 0 Å². The highest BCUT2D eigenvalue weighted by Crippen LogP contribution is 2.21. The first-order chi connectivity index (χ1) is 5.25. The van der Waals surface area contributed by atoms with Crippen molar-refractivity contribution in [1.82, 2.24) is 4.98 Å². The molecule has 60 valence electrons. The Bertz CT molecular complexity index is 244. The first-order valence-corrected chi connectivity index (χ1v) is 4.43. The van der Waals surface area contributed by atoms with Crippen LogP contribution in [0.5, 0.6) is 0 Å². The van der Waals surface area contributed by atoms with Crippen LogP contribution < -0.4 is 0 Å². The first-order valence-electron chi connectivity index (χ1n) is 3.10. The van der Waals surface area contributed by atoms with Gasteiger partial charge in [0.05, 0.1) is 12.0 Å². The molecule has 1 rings (SSSR count). The molecule has 1 aromatic heterocycles. The van der Waals surface area contributed by atoms with Gasteiger partial charge in [-0.1, -0.05) is 6.07 Å². The van der Waals surface area contributed by atoms with Crippen molar-refractivity contribution in [2.45, 2.75) is 6.10 Å². The largest absolute Gasteiger partial charge is 0.387 e. The molecule has 0 bridgehead atoms. The maximum atomic E-state index is 9.31. The molecule has 1 unspecified atom stereocenters. The molecule has 0 aromatic carbocycles. The number of pyridine rings is 1. The summed E-state index contributed by atoms with van der Waals surface area (Å²) in [5, 5.41) is 9.31. The second-order valence-electron chi connectivity index (χ2n) is 2.05. The van der Waals surface area contributed by atoms with E-state index in [1.165, 1.54) is 0 Å². The van der Waals surface area contributed by atoms with Gasteiger partial charge in [-0.2, -0.15) is 0 Å². The van der Waals surface area contributed by atoms with E-state index in [1.807, 2.05) is 0 Å². The van der Waals surface area contributed by atoms with Gasteiger partial charge in [-0.3, -0.25) is 0 Å². The average Bonchev–Trinajstić information content (AvgIpc) is 2.04. The van der Waals surface area contributed by atoms with Gasteiger partial charge in [0.1, 0.15) is 4.60 Å². The Morgan fingerprint density at radius 3 is 3.00 bits per heavy atom. The Morgan fingerprint density at radius 1 is 1.73 bits per heavy atom. The summed E-state index contributed by atoms with van der Waals surface area (Å²) < 4.78 is 0.646. The predicted molar refractivity (Wildman–Crippen MR) is 47.6 cm³/mol. The molecule has 1 N–H and O–H groups in total. The number of hydrogen-bond donors (Lipinski definition) is 1. The number of aromatic nitrogens is 1. The molecule has 0 spiro atoms. The van der Waals surface area contributed by atoms with E-state index in [9.17, 15) is 5.11 Å². The summed E-state index contributed by atoms with van der Waals surface area (Å²) in [7, 11) is 0. The molecule has 11 heavy (non-hydrogen) atoms. The van der Waals surface area contributed by atoms with Crippen LogP contribution in [0.2, 0.25) is 0 Å². The zero-order valence-corrected chi connectivity index (χ0v) is 8.01. The Labute approximate surface area is 78.3 Å². The van der Waals surface area contributed by atoms with Crippen LogP contribution in [0.25, 0.3) is 0 Å². The molecule has 0 amide bonds. The zero-order valence-electron chi connectivity index (χ0n) is 5.67. The highest BCUT2D eigenvalue weighted by Gasteiger charge is 2.08. The van der Waals surface area contributed by atoms with Crippen LogP contribution in [0.1, 0.15) is 11.7 Å². The summed E-state index contributed by atoms with van der Waals surface area (Å²) in [6, 6.07) is 3.54. The lowest BCUT2D eigenvalue weighted by atomic mass is 10.2. The molecule has 1 heterocycles. The van der Waals surface area contributed by atoms with Crippen LogP contribution in [-0.4, -0.2) is 16.0 Å². The fraction of sp³-hybridized carbons (Fsp3) is 0.286. The van der Waals surface area contributed by atoms with Crippen molar-refractivity contribution in [3.63, 3.8) is 0 Å². The highest BCUT2D eigenvalue weighted by molar-refractivity contribution is 9.10. The lowest BCUT2D eigenvalue weighted by molar-refractivity contribution is 0.201. The maximum Gasteiger partial charge on any atom is 0.111 e. The third kappa shape index (κ3) is 2.15. The van der Waals surface area contributed by atoms with Gasteiger partial charge >= 0.3 is 0 Å². The Kier molecular flexibility index (Phi) is 3.30. The third-order valence-corrected chi connectivity index (χ3v) is 2.25. The summed E-state index contributed by atoms with van der Waals surface area (Å²) in [5.41, 5.74) is 0.725. The monoisotopic (exact) mass is 235 g/mol. The molecule has 2 nitrogen and oxygen atoms in total. The second-order valence-corrected chi connectivity index (χ2v) is 3.11. The van der Waals surface area contributed by atoms with Crippen LogP contribution in [0, 0.1) is 0 Å². The average molecular weight is 236 g/mol. The van der Waals surface area contributed by atoms with Crippen LogP contribution in [0.3, 0.4) is 0 Å². The summed E-state index contributed by atoms with van der Waals surface area (Å²) in [4.78, 5) is 3.95. The van der Waals surface area contributed by atoms with Gasteiger partial charge in [-0.25, -0.2) is 4.98 Å². The summed E-state index contributed by atoms with van der Waals surface area (Å²) >= 11 is 8.67. The van der Waals surface area contributed by atoms with Crippen molar-refractivity contribution in [3.05, 3.63) is 28.5 Å². The molecular formula is C7H7BrClNO. The van der Waals surface area contributed by atoms with E-state index < -0.39 is 6.10 Å². The number of nitrogens with zero attached hydrogens (tertiary/aromatic N) is 1. The van der Waals surface area contributed by atoms with Gasteiger partial charge in [-0.15, -0.1) is 11.6 Å². The number of aliphatic hydroxyl groups excluding tert-OH is 1. The van der Waals surface area contributed by atoms with Crippen molar-refractivity contribution in [2.75, 3.05) is 5.88 Å². The molecule has 0 aliphatic carbocycles. The SMILES string of the molecule is OC(CCl)c1cccnc1Br. The number of halogens is 2. The Hall–Kier alpha value is -0.120. The van der Waals surface area contributed by atoms with E-state index >= 15 is 0 Å². The van der Waals surface area contributed by atoms with Gasteiger partial charge in [0, 0.05) is 11.8 Å². The maximum absolute atomic E-state index is 9.31. The number of alkyl halides is 1. The normalized spacial score (nSPS) is 13.0. The Balaban J connectivity index is 2.93. The topological polar surface area (TPSA) is 33.1 Å². The van der Waals surface area contributed by atoms with Gasteiger partial charge in [0.15, 0.2) is 0 Å². The van der Waals surface area contributed by atoms with Crippen molar-refractivity contribution in [2.24, 2.45) is 0 Å². The van der Waals surface area contributed by atoms with Crippen molar-refractivity contribution < 1.29 is 5.11 Å². The lowest BCUT2D eigenvalue weighted by Gasteiger charge is -2.07.